The van der Waals surface area contributed by atoms with Gasteiger partial charge in [-0.2, -0.15) is 18.3 Å². The standard InChI is InChI=1S/C19H20F3N3O.CH5NO2S/c20-19(21,22)18-15-4-1-2-5-16(15)25(23-18)12-13-7-9-14(10-8-13)24-11-3-6-17(24)26;1-5(2,3)4/h7-10H,1-6,11-12H2;1H3,(H2,2,3,4). The zero-order valence-corrected chi connectivity index (χ0v) is 18.0. The molecule has 2 aromatic rings. The lowest BCUT2D eigenvalue weighted by Gasteiger charge is -2.17. The van der Waals surface area contributed by atoms with E-state index >= 15 is 0 Å². The van der Waals surface area contributed by atoms with E-state index in [0.717, 1.165) is 43.3 Å². The predicted octanol–water partition coefficient (Wildman–Crippen LogP) is 2.86. The molecule has 1 aromatic heterocycles. The first-order valence-electron chi connectivity index (χ1n) is 9.96. The highest BCUT2D eigenvalue weighted by atomic mass is 32.2. The minimum absolute atomic E-state index is 0.119. The molecule has 4 rings (SSSR count). The number of amides is 1. The highest BCUT2D eigenvalue weighted by molar-refractivity contribution is 7.88. The van der Waals surface area contributed by atoms with Gasteiger partial charge in [-0.05, 0) is 49.8 Å². The third-order valence-electron chi connectivity index (χ3n) is 5.18. The third kappa shape index (κ3) is 6.07. The maximum Gasteiger partial charge on any atom is 0.435 e. The summed E-state index contributed by atoms with van der Waals surface area (Å²) < 4.78 is 60.2. The number of benzene rings is 1. The molecule has 0 unspecified atom stereocenters. The van der Waals surface area contributed by atoms with Gasteiger partial charge in [0, 0.05) is 29.9 Å². The van der Waals surface area contributed by atoms with Crippen molar-refractivity contribution in [2.75, 3.05) is 17.7 Å². The summed E-state index contributed by atoms with van der Waals surface area (Å²) in [6, 6.07) is 7.45. The smallest absolute Gasteiger partial charge is 0.312 e. The van der Waals surface area contributed by atoms with Gasteiger partial charge in [0.2, 0.25) is 15.9 Å². The summed E-state index contributed by atoms with van der Waals surface area (Å²) in [5.41, 5.74) is 2.07. The Bertz CT molecular complexity index is 1040. The Kier molecular flexibility index (Phi) is 6.75. The molecule has 0 bridgehead atoms. The second kappa shape index (κ2) is 8.99. The van der Waals surface area contributed by atoms with Gasteiger partial charge in [-0.25, -0.2) is 13.6 Å². The van der Waals surface area contributed by atoms with Gasteiger partial charge in [0.05, 0.1) is 12.8 Å². The van der Waals surface area contributed by atoms with Gasteiger partial charge in [0.25, 0.3) is 0 Å². The number of rotatable bonds is 3. The zero-order chi connectivity index (χ0) is 22.8. The van der Waals surface area contributed by atoms with Crippen LogP contribution in [0, 0.1) is 0 Å². The highest BCUT2D eigenvalue weighted by Gasteiger charge is 2.39. The minimum atomic E-state index is -4.41. The lowest BCUT2D eigenvalue weighted by atomic mass is 9.95. The summed E-state index contributed by atoms with van der Waals surface area (Å²) in [6.45, 7) is 1.03. The number of nitrogens with zero attached hydrogens (tertiary/aromatic N) is 3. The molecule has 1 fully saturated rings. The van der Waals surface area contributed by atoms with E-state index in [-0.39, 0.29) is 5.91 Å². The number of anilines is 1. The molecule has 1 aliphatic heterocycles. The van der Waals surface area contributed by atoms with Crippen molar-refractivity contribution in [1.29, 1.82) is 0 Å². The summed E-state index contributed by atoms with van der Waals surface area (Å²) in [5, 5.41) is 8.22. The van der Waals surface area contributed by atoms with Crippen LogP contribution in [0.2, 0.25) is 0 Å². The van der Waals surface area contributed by atoms with Crippen LogP contribution in [0.1, 0.15) is 48.2 Å². The molecule has 0 atom stereocenters. The van der Waals surface area contributed by atoms with Crippen molar-refractivity contribution >= 4 is 21.6 Å². The number of carbonyl (C=O) groups is 1. The molecular weight excluding hydrogens is 433 g/mol. The largest absolute Gasteiger partial charge is 0.435 e. The number of hydrogen-bond acceptors (Lipinski definition) is 4. The second-order valence-corrected chi connectivity index (χ2v) is 9.44. The fourth-order valence-corrected chi connectivity index (χ4v) is 3.90. The van der Waals surface area contributed by atoms with E-state index in [1.54, 1.807) is 4.90 Å². The molecule has 170 valence electrons. The van der Waals surface area contributed by atoms with Crippen LogP contribution in [0.4, 0.5) is 18.9 Å². The first kappa shape index (κ1) is 23.3. The van der Waals surface area contributed by atoms with Crippen LogP contribution in [0.15, 0.2) is 24.3 Å². The number of halogens is 3. The Hall–Kier alpha value is -2.40. The molecule has 1 aromatic carbocycles. The molecule has 2 N–H and O–H groups in total. The molecule has 11 heteroatoms. The second-order valence-electron chi connectivity index (χ2n) is 7.78. The van der Waals surface area contributed by atoms with Gasteiger partial charge in [-0.15, -0.1) is 0 Å². The maximum atomic E-state index is 13.3. The minimum Gasteiger partial charge on any atom is -0.312 e. The van der Waals surface area contributed by atoms with E-state index in [2.05, 4.69) is 10.2 Å². The zero-order valence-electron chi connectivity index (χ0n) is 17.2. The number of nitrogens with two attached hydrogens (primary N) is 1. The third-order valence-corrected chi connectivity index (χ3v) is 5.18. The summed E-state index contributed by atoms with van der Waals surface area (Å²) in [7, 11) is -3.17. The molecule has 0 spiro atoms. The number of hydrogen-bond donors (Lipinski definition) is 1. The molecule has 2 aliphatic rings. The van der Waals surface area contributed by atoms with E-state index in [1.807, 2.05) is 24.3 Å². The van der Waals surface area contributed by atoms with Crippen LogP contribution < -0.4 is 10.0 Å². The van der Waals surface area contributed by atoms with Crippen LogP contribution in [-0.2, 0) is 40.4 Å². The Morgan fingerprint density at radius 2 is 1.68 bits per heavy atom. The first-order chi connectivity index (χ1) is 14.4. The van der Waals surface area contributed by atoms with Crippen LogP contribution in [0.3, 0.4) is 0 Å². The first-order valence-corrected chi connectivity index (χ1v) is 11.9. The number of alkyl halides is 3. The Labute approximate surface area is 179 Å². The van der Waals surface area contributed by atoms with Crippen LogP contribution in [-0.4, -0.2) is 36.9 Å². The number of aromatic nitrogens is 2. The number of sulfonamides is 1. The Balaban J connectivity index is 0.000000491. The lowest BCUT2D eigenvalue weighted by molar-refractivity contribution is -0.142. The monoisotopic (exact) mass is 458 g/mol. The fourth-order valence-electron chi connectivity index (χ4n) is 3.90. The molecular formula is C20H25F3N4O3S. The fraction of sp³-hybridized carbons (Fsp3) is 0.500. The molecule has 1 saturated heterocycles. The maximum absolute atomic E-state index is 13.3. The van der Waals surface area contributed by atoms with Gasteiger partial charge in [0.1, 0.15) is 0 Å². The molecule has 0 saturated carbocycles. The lowest BCUT2D eigenvalue weighted by Crippen LogP contribution is -2.23. The van der Waals surface area contributed by atoms with E-state index in [9.17, 15) is 26.4 Å². The van der Waals surface area contributed by atoms with E-state index in [4.69, 9.17) is 0 Å². The van der Waals surface area contributed by atoms with Crippen molar-refractivity contribution in [3.63, 3.8) is 0 Å². The van der Waals surface area contributed by atoms with Crippen LogP contribution in [0.25, 0.3) is 0 Å². The Morgan fingerprint density at radius 1 is 1.06 bits per heavy atom. The summed E-state index contributed by atoms with van der Waals surface area (Å²) >= 11 is 0. The Morgan fingerprint density at radius 3 is 2.23 bits per heavy atom. The van der Waals surface area contributed by atoms with Gasteiger partial charge < -0.3 is 4.90 Å². The van der Waals surface area contributed by atoms with Gasteiger partial charge in [-0.3, -0.25) is 9.48 Å². The summed E-state index contributed by atoms with van der Waals surface area (Å²) in [4.78, 5) is 13.6. The quantitative estimate of drug-likeness (QED) is 0.765. The molecule has 31 heavy (non-hydrogen) atoms. The topological polar surface area (TPSA) is 98.3 Å². The number of primary sulfonamides is 1. The molecule has 0 radical (unpaired) electrons. The van der Waals surface area contributed by atoms with E-state index in [1.165, 1.54) is 4.68 Å². The van der Waals surface area contributed by atoms with Crippen molar-refractivity contribution in [2.24, 2.45) is 5.14 Å². The molecule has 1 amide bonds. The summed E-state index contributed by atoms with van der Waals surface area (Å²) in [5.74, 6) is 0.119. The summed E-state index contributed by atoms with van der Waals surface area (Å²) in [6.07, 6.45) is 0.715. The van der Waals surface area contributed by atoms with Crippen LogP contribution in [0.5, 0.6) is 0 Å². The predicted molar refractivity (Wildman–Crippen MR) is 110 cm³/mol. The van der Waals surface area contributed by atoms with Gasteiger partial charge >= 0.3 is 6.18 Å². The van der Waals surface area contributed by atoms with Gasteiger partial charge in [-0.1, -0.05) is 12.1 Å². The number of fused-ring (bicyclic) bond motifs is 1. The SMILES string of the molecule is CS(N)(=O)=O.O=C1CCCN1c1ccc(Cn2nc(C(F)(F)F)c3c2CCCC3)cc1. The van der Waals surface area contributed by atoms with E-state index < -0.39 is 21.9 Å². The van der Waals surface area contributed by atoms with E-state index in [0.29, 0.717) is 37.1 Å². The van der Waals surface area contributed by atoms with Gasteiger partial charge in [0.15, 0.2) is 5.69 Å². The highest BCUT2D eigenvalue weighted by Crippen LogP contribution is 2.36. The molecule has 7 nitrogen and oxygen atoms in total. The van der Waals surface area contributed by atoms with Crippen molar-refractivity contribution < 1.29 is 26.4 Å². The molecule has 1 aliphatic carbocycles. The van der Waals surface area contributed by atoms with Crippen molar-refractivity contribution in [2.45, 2.75) is 51.2 Å². The normalized spacial score (nSPS) is 16.7. The van der Waals surface area contributed by atoms with Crippen molar-refractivity contribution in [1.82, 2.24) is 9.78 Å². The van der Waals surface area contributed by atoms with Crippen molar-refractivity contribution in [3.8, 4) is 0 Å². The van der Waals surface area contributed by atoms with Crippen LogP contribution >= 0.6 is 0 Å². The average molecular weight is 459 g/mol. The molecule has 2 heterocycles. The van der Waals surface area contributed by atoms with Crippen molar-refractivity contribution in [3.05, 3.63) is 46.8 Å². The average Bonchev–Trinajstić information content (AvgIpc) is 3.25. The number of carbonyl (C=O) groups excluding carboxylic acids is 1.